The molecule has 2 nitrogen and oxygen atoms in total. The van der Waals surface area contributed by atoms with Gasteiger partial charge in [0.15, 0.2) is 0 Å². The van der Waals surface area contributed by atoms with E-state index in [9.17, 15) is 0 Å². The third-order valence-electron chi connectivity index (χ3n) is 5.43. The van der Waals surface area contributed by atoms with E-state index >= 15 is 0 Å². The minimum absolute atomic E-state index is 0.626. The topological polar surface area (TPSA) is 6.48 Å². The van der Waals surface area contributed by atoms with Gasteiger partial charge in [0.2, 0.25) is 0 Å². The van der Waals surface area contributed by atoms with E-state index in [0.29, 0.717) is 6.17 Å². The van der Waals surface area contributed by atoms with Crippen LogP contribution < -0.4 is 0 Å². The molecule has 1 aliphatic rings. The maximum absolute atomic E-state index is 2.58. The highest BCUT2D eigenvalue weighted by molar-refractivity contribution is 4.95. The summed E-state index contributed by atoms with van der Waals surface area (Å²) in [4.78, 5) is 5.00. The summed E-state index contributed by atoms with van der Waals surface area (Å²) in [6.07, 6.45) is 26.3. The van der Waals surface area contributed by atoms with Crippen LogP contribution in [0.5, 0.6) is 0 Å². The molecule has 0 aliphatic carbocycles. The zero-order valence-corrected chi connectivity index (χ0v) is 16.9. The minimum atomic E-state index is 0.626. The Labute approximate surface area is 152 Å². The van der Waals surface area contributed by atoms with Gasteiger partial charge in [0.05, 0.1) is 0 Å². The first-order valence-electron chi connectivity index (χ1n) is 11.0. The van der Waals surface area contributed by atoms with Gasteiger partial charge in [-0.05, 0) is 19.3 Å². The largest absolute Gasteiger partial charge is 0.359 e. The zero-order valence-electron chi connectivity index (χ0n) is 16.9. The van der Waals surface area contributed by atoms with Crippen molar-refractivity contribution in [3.63, 3.8) is 0 Å². The maximum Gasteiger partial charge on any atom is 0.100 e. The summed E-state index contributed by atoms with van der Waals surface area (Å²) in [6.45, 7) is 5.83. The number of unbranched alkanes of at least 4 members (excludes halogenated alkanes) is 12. The molecule has 24 heavy (non-hydrogen) atoms. The van der Waals surface area contributed by atoms with Crippen LogP contribution in [0.1, 0.15) is 110 Å². The Hall–Kier alpha value is -0.660. The highest BCUT2D eigenvalue weighted by atomic mass is 15.4. The SMILES string of the molecule is CCCCCCCCCCC1N(C)C=CN1CCCCCCCC. The third-order valence-corrected chi connectivity index (χ3v) is 5.43. The monoisotopic (exact) mass is 336 g/mol. The molecular weight excluding hydrogens is 292 g/mol. The van der Waals surface area contributed by atoms with Gasteiger partial charge in [-0.3, -0.25) is 0 Å². The van der Waals surface area contributed by atoms with Gasteiger partial charge in [0.1, 0.15) is 6.17 Å². The highest BCUT2D eigenvalue weighted by Gasteiger charge is 2.22. The van der Waals surface area contributed by atoms with Crippen LogP contribution >= 0.6 is 0 Å². The van der Waals surface area contributed by atoms with E-state index in [2.05, 4.69) is 43.1 Å². The molecule has 0 fully saturated rings. The summed E-state index contributed by atoms with van der Waals surface area (Å²) in [6, 6.07) is 0. The summed E-state index contributed by atoms with van der Waals surface area (Å²) in [5.74, 6) is 0. The fraction of sp³-hybridized carbons (Fsp3) is 0.909. The van der Waals surface area contributed by atoms with E-state index in [-0.39, 0.29) is 0 Å². The van der Waals surface area contributed by atoms with Gasteiger partial charge in [0, 0.05) is 26.0 Å². The first kappa shape index (κ1) is 21.4. The number of rotatable bonds is 16. The number of hydrogen-bond acceptors (Lipinski definition) is 2. The van der Waals surface area contributed by atoms with Gasteiger partial charge in [0.25, 0.3) is 0 Å². The van der Waals surface area contributed by atoms with Gasteiger partial charge in [-0.25, -0.2) is 0 Å². The minimum Gasteiger partial charge on any atom is -0.359 e. The Bertz CT molecular complexity index is 300. The number of hydrogen-bond donors (Lipinski definition) is 0. The lowest BCUT2D eigenvalue weighted by molar-refractivity contribution is 0.159. The molecule has 0 aromatic rings. The quantitative estimate of drug-likeness (QED) is 0.282. The van der Waals surface area contributed by atoms with Gasteiger partial charge in [-0.1, -0.05) is 90.9 Å². The third kappa shape index (κ3) is 9.59. The normalized spacial score (nSPS) is 17.2. The average molecular weight is 337 g/mol. The van der Waals surface area contributed by atoms with Crippen molar-refractivity contribution in [2.45, 2.75) is 116 Å². The molecule has 0 amide bonds. The predicted molar refractivity (Wildman–Crippen MR) is 108 cm³/mol. The summed E-state index contributed by atoms with van der Waals surface area (Å²) >= 11 is 0. The summed E-state index contributed by atoms with van der Waals surface area (Å²) in [5.41, 5.74) is 0. The molecule has 1 rings (SSSR count). The number of nitrogens with zero attached hydrogens (tertiary/aromatic N) is 2. The van der Waals surface area contributed by atoms with E-state index in [1.807, 2.05) is 0 Å². The molecule has 1 heterocycles. The summed E-state index contributed by atoms with van der Waals surface area (Å²) < 4.78 is 0. The van der Waals surface area contributed by atoms with Crippen molar-refractivity contribution in [2.75, 3.05) is 13.6 Å². The molecule has 1 unspecified atom stereocenters. The van der Waals surface area contributed by atoms with Crippen LogP contribution in [0, 0.1) is 0 Å². The Morgan fingerprint density at radius 2 is 1.12 bits per heavy atom. The van der Waals surface area contributed by atoms with Crippen LogP contribution in [0.2, 0.25) is 0 Å². The van der Waals surface area contributed by atoms with Gasteiger partial charge in [-0.2, -0.15) is 0 Å². The summed E-state index contributed by atoms with van der Waals surface area (Å²) in [7, 11) is 2.24. The standard InChI is InChI=1S/C22H44N2/c1-4-6-8-10-12-13-14-16-18-22-23(3)20-21-24(22)19-17-15-11-9-7-5-2/h20-22H,4-19H2,1-3H3. The Kier molecular flexibility index (Phi) is 13.1. The van der Waals surface area contributed by atoms with Crippen molar-refractivity contribution in [2.24, 2.45) is 0 Å². The summed E-state index contributed by atoms with van der Waals surface area (Å²) in [5, 5.41) is 0. The van der Waals surface area contributed by atoms with Gasteiger partial charge < -0.3 is 9.80 Å². The van der Waals surface area contributed by atoms with E-state index < -0.39 is 0 Å². The molecule has 1 aliphatic heterocycles. The Balaban J connectivity index is 2.05. The fourth-order valence-electron chi connectivity index (χ4n) is 3.75. The fourth-order valence-corrected chi connectivity index (χ4v) is 3.75. The molecule has 0 radical (unpaired) electrons. The lowest BCUT2D eigenvalue weighted by atomic mass is 10.1. The van der Waals surface area contributed by atoms with E-state index in [4.69, 9.17) is 0 Å². The molecule has 0 bridgehead atoms. The second kappa shape index (κ2) is 14.7. The molecular formula is C22H44N2. The smallest absolute Gasteiger partial charge is 0.100 e. The van der Waals surface area contributed by atoms with Gasteiger partial charge in [-0.15, -0.1) is 0 Å². The zero-order chi connectivity index (χ0) is 17.5. The lowest BCUT2D eigenvalue weighted by Crippen LogP contribution is -2.37. The molecule has 0 spiro atoms. The van der Waals surface area contributed by atoms with E-state index in [1.54, 1.807) is 0 Å². The lowest BCUT2D eigenvalue weighted by Gasteiger charge is -2.30. The van der Waals surface area contributed by atoms with Crippen LogP contribution in [-0.4, -0.2) is 29.6 Å². The molecule has 1 atom stereocenters. The second-order valence-corrected chi connectivity index (χ2v) is 7.71. The van der Waals surface area contributed by atoms with Crippen molar-refractivity contribution in [3.8, 4) is 0 Å². The Morgan fingerprint density at radius 1 is 0.625 bits per heavy atom. The second-order valence-electron chi connectivity index (χ2n) is 7.71. The first-order chi connectivity index (χ1) is 11.8. The van der Waals surface area contributed by atoms with Crippen molar-refractivity contribution >= 4 is 0 Å². The van der Waals surface area contributed by atoms with Crippen LogP contribution in [0.15, 0.2) is 12.4 Å². The van der Waals surface area contributed by atoms with Gasteiger partial charge >= 0.3 is 0 Å². The molecule has 2 heteroatoms. The molecule has 0 saturated carbocycles. The molecule has 0 saturated heterocycles. The first-order valence-corrected chi connectivity index (χ1v) is 11.0. The molecule has 0 aromatic heterocycles. The molecule has 0 N–H and O–H groups in total. The van der Waals surface area contributed by atoms with Crippen molar-refractivity contribution in [1.82, 2.24) is 9.80 Å². The highest BCUT2D eigenvalue weighted by Crippen LogP contribution is 2.21. The van der Waals surface area contributed by atoms with Crippen LogP contribution in [0.3, 0.4) is 0 Å². The van der Waals surface area contributed by atoms with Crippen molar-refractivity contribution in [3.05, 3.63) is 12.4 Å². The molecule has 0 aromatic carbocycles. The van der Waals surface area contributed by atoms with E-state index in [1.165, 1.54) is 103 Å². The van der Waals surface area contributed by atoms with Crippen LogP contribution in [0.25, 0.3) is 0 Å². The van der Waals surface area contributed by atoms with Crippen molar-refractivity contribution < 1.29 is 0 Å². The Morgan fingerprint density at radius 3 is 1.71 bits per heavy atom. The average Bonchev–Trinajstić information content (AvgIpc) is 2.93. The van der Waals surface area contributed by atoms with Crippen LogP contribution in [-0.2, 0) is 0 Å². The van der Waals surface area contributed by atoms with Crippen molar-refractivity contribution in [1.29, 1.82) is 0 Å². The van der Waals surface area contributed by atoms with E-state index in [0.717, 1.165) is 0 Å². The molecule has 142 valence electrons. The van der Waals surface area contributed by atoms with Crippen LogP contribution in [0.4, 0.5) is 0 Å². The predicted octanol–water partition coefficient (Wildman–Crippen LogP) is 6.92. The maximum atomic E-state index is 2.58.